The highest BCUT2D eigenvalue weighted by molar-refractivity contribution is 5.59. The molecule has 7 heteroatoms. The topological polar surface area (TPSA) is 75.6 Å². The van der Waals surface area contributed by atoms with Crippen molar-refractivity contribution < 1.29 is 14.6 Å². The minimum absolute atomic E-state index is 0.00138. The van der Waals surface area contributed by atoms with Crippen molar-refractivity contribution in [2.75, 3.05) is 13.2 Å². The Morgan fingerprint density at radius 3 is 1.73 bits per heavy atom. The van der Waals surface area contributed by atoms with Crippen LogP contribution in [0.5, 0.6) is 11.5 Å². The molecule has 0 aliphatic carbocycles. The Morgan fingerprint density at radius 1 is 0.867 bits per heavy atom. The van der Waals surface area contributed by atoms with Gasteiger partial charge in [0.2, 0.25) is 0 Å². The third kappa shape index (κ3) is 6.87. The summed E-state index contributed by atoms with van der Waals surface area (Å²) in [5.41, 5.74) is 1.42. The van der Waals surface area contributed by atoms with E-state index in [4.69, 9.17) is 34.5 Å². The Balaban J connectivity index is 1.82. The van der Waals surface area contributed by atoms with E-state index < -0.39 is 6.10 Å². The Bertz CT molecular complexity index is 969. The van der Waals surface area contributed by atoms with E-state index in [9.17, 15) is 5.11 Å². The molecule has 1 N–H and O–H groups in total. The molecule has 1 unspecified atom stereocenters. The van der Waals surface area contributed by atoms with Gasteiger partial charge in [0.05, 0.1) is 12.6 Å². The zero-order valence-electron chi connectivity index (χ0n) is 15.8. The van der Waals surface area contributed by atoms with E-state index in [1.807, 2.05) is 0 Å². The van der Waals surface area contributed by atoms with Gasteiger partial charge in [0.1, 0.15) is 44.0 Å². The van der Waals surface area contributed by atoms with E-state index in [2.05, 4.69) is 14.5 Å². The second-order valence-corrected chi connectivity index (χ2v) is 5.89. The van der Waals surface area contributed by atoms with Gasteiger partial charge in [0.25, 0.3) is 5.70 Å². The number of benzene rings is 2. The van der Waals surface area contributed by atoms with Gasteiger partial charge in [-0.1, -0.05) is 24.3 Å². The third-order valence-corrected chi connectivity index (χ3v) is 3.71. The number of hydrogen-bond donors (Lipinski definition) is 1. The normalized spacial score (nSPS) is 11.0. The molecule has 146 valence electrons. The first-order valence-electron chi connectivity index (χ1n) is 8.67. The summed E-state index contributed by atoms with van der Waals surface area (Å²) in [6.07, 6.45) is 2.11. The van der Waals surface area contributed by atoms with Crippen LogP contribution in [0.25, 0.3) is 26.7 Å². The molecule has 7 nitrogen and oxygen atoms in total. The fourth-order valence-corrected chi connectivity index (χ4v) is 2.24. The van der Waals surface area contributed by atoms with Gasteiger partial charge in [-0.15, -0.1) is 0 Å². The van der Waals surface area contributed by atoms with E-state index in [1.165, 1.54) is 12.2 Å². The standard InChI is InChI=1S/C23H16N4O3/c1-25-19(14-24)12-17-4-8-21(9-5-17)29-15-20(28)16-30-22-10-6-18(7-11-22)13-23(26-2)27-3/h4-13,20,28H,15-16H2/b19-12+. The molecule has 2 aromatic rings. The van der Waals surface area contributed by atoms with Crippen LogP contribution in [0.4, 0.5) is 0 Å². The molecule has 0 saturated carbocycles. The molecule has 0 aromatic heterocycles. The van der Waals surface area contributed by atoms with Crippen molar-refractivity contribution in [1.82, 2.24) is 0 Å². The minimum atomic E-state index is -0.854. The zero-order valence-corrected chi connectivity index (χ0v) is 15.8. The summed E-state index contributed by atoms with van der Waals surface area (Å²) in [4.78, 5) is 9.31. The van der Waals surface area contributed by atoms with Gasteiger partial charge in [0.15, 0.2) is 0 Å². The molecular formula is C23H16N4O3. The van der Waals surface area contributed by atoms with Gasteiger partial charge >= 0.3 is 5.82 Å². The number of nitrogens with zero attached hydrogens (tertiary/aromatic N) is 4. The third-order valence-electron chi connectivity index (χ3n) is 3.71. The summed E-state index contributed by atoms with van der Waals surface area (Å²) in [6, 6.07) is 15.4. The number of ether oxygens (including phenoxy) is 2. The molecule has 0 aliphatic rings. The summed E-state index contributed by atoms with van der Waals surface area (Å²) in [7, 11) is 0. The van der Waals surface area contributed by atoms with Crippen molar-refractivity contribution in [1.29, 1.82) is 5.26 Å². The molecule has 0 amide bonds. The fourth-order valence-electron chi connectivity index (χ4n) is 2.24. The fraction of sp³-hybridized carbons (Fsp3) is 0.130. The highest BCUT2D eigenvalue weighted by atomic mass is 16.5. The highest BCUT2D eigenvalue weighted by Gasteiger charge is 2.08. The number of hydrogen-bond acceptors (Lipinski definition) is 4. The average Bonchev–Trinajstić information content (AvgIpc) is 2.79. The maximum Gasteiger partial charge on any atom is 0.519 e. The van der Waals surface area contributed by atoms with E-state index in [0.29, 0.717) is 22.6 Å². The van der Waals surface area contributed by atoms with Crippen LogP contribution < -0.4 is 9.47 Å². The zero-order chi connectivity index (χ0) is 21.8. The van der Waals surface area contributed by atoms with Crippen molar-refractivity contribution in [3.63, 3.8) is 0 Å². The van der Waals surface area contributed by atoms with Crippen molar-refractivity contribution in [3.05, 3.63) is 105 Å². The summed E-state index contributed by atoms with van der Waals surface area (Å²) in [5.74, 6) is 1.07. The predicted octanol–water partition coefficient (Wildman–Crippen LogP) is 4.43. The van der Waals surface area contributed by atoms with E-state index in [1.54, 1.807) is 54.6 Å². The van der Waals surface area contributed by atoms with Crippen LogP contribution in [-0.4, -0.2) is 24.4 Å². The minimum Gasteiger partial charge on any atom is -0.491 e. The van der Waals surface area contributed by atoms with Crippen LogP contribution >= 0.6 is 0 Å². The predicted molar refractivity (Wildman–Crippen MR) is 111 cm³/mol. The first-order chi connectivity index (χ1) is 14.6. The summed E-state index contributed by atoms with van der Waals surface area (Å²) in [6.45, 7) is 20.7. The first kappa shape index (κ1) is 21.7. The lowest BCUT2D eigenvalue weighted by Crippen LogP contribution is -2.25. The number of rotatable bonds is 8. The molecule has 0 aliphatic heterocycles. The van der Waals surface area contributed by atoms with Crippen molar-refractivity contribution in [2.24, 2.45) is 0 Å². The van der Waals surface area contributed by atoms with Gasteiger partial charge in [-0.2, -0.15) is 9.69 Å². The molecule has 2 aromatic carbocycles. The van der Waals surface area contributed by atoms with Gasteiger partial charge in [-0.05, 0) is 41.5 Å². The summed E-state index contributed by atoms with van der Waals surface area (Å²) in [5, 5.41) is 18.8. The maximum absolute atomic E-state index is 10.0. The SMILES string of the molecule is [C-]#[N+]C(=Cc1ccc(OCC(O)COc2ccc(/C=C(\C#N)[N+]#[C-])cc2)cc1)[N+]#[C-]. The number of aliphatic hydroxyl groups is 1. The average molecular weight is 396 g/mol. The molecule has 0 spiro atoms. The lowest BCUT2D eigenvalue weighted by molar-refractivity contribution is 0.0626. The van der Waals surface area contributed by atoms with Gasteiger partial charge in [-0.25, -0.2) is 10.1 Å². The van der Waals surface area contributed by atoms with Gasteiger partial charge in [-0.3, -0.25) is 0 Å². The molecule has 0 fully saturated rings. The van der Waals surface area contributed by atoms with E-state index in [-0.39, 0.29) is 24.7 Å². The van der Waals surface area contributed by atoms with Crippen molar-refractivity contribution >= 4 is 12.2 Å². The Kier molecular flexibility index (Phi) is 8.20. The molecule has 0 heterocycles. The Morgan fingerprint density at radius 2 is 1.33 bits per heavy atom. The van der Waals surface area contributed by atoms with E-state index in [0.717, 1.165) is 0 Å². The lowest BCUT2D eigenvalue weighted by atomic mass is 10.2. The molecular weight excluding hydrogens is 380 g/mol. The monoisotopic (exact) mass is 396 g/mol. The first-order valence-corrected chi connectivity index (χ1v) is 8.67. The van der Waals surface area contributed by atoms with Crippen molar-refractivity contribution in [3.8, 4) is 17.6 Å². The number of allylic oxidation sites excluding steroid dienone is 1. The summed E-state index contributed by atoms with van der Waals surface area (Å²) < 4.78 is 11.0. The largest absolute Gasteiger partial charge is 0.519 e. The van der Waals surface area contributed by atoms with Gasteiger partial charge in [0, 0.05) is 6.08 Å². The second kappa shape index (κ2) is 11.3. The quantitative estimate of drug-likeness (QED) is 0.529. The molecule has 2 rings (SSSR count). The Labute approximate surface area is 174 Å². The van der Waals surface area contributed by atoms with Crippen LogP contribution in [-0.2, 0) is 0 Å². The second-order valence-electron chi connectivity index (χ2n) is 5.89. The van der Waals surface area contributed by atoms with Crippen molar-refractivity contribution in [2.45, 2.75) is 6.10 Å². The maximum atomic E-state index is 10.0. The Hall–Kier alpha value is -4.56. The van der Waals surface area contributed by atoms with Crippen LogP contribution in [0.15, 0.2) is 60.0 Å². The van der Waals surface area contributed by atoms with Gasteiger partial charge < -0.3 is 14.6 Å². The van der Waals surface area contributed by atoms with E-state index >= 15 is 0 Å². The molecule has 30 heavy (non-hydrogen) atoms. The lowest BCUT2D eigenvalue weighted by Gasteiger charge is -2.14. The molecule has 0 bridgehead atoms. The number of aliphatic hydroxyl groups excluding tert-OH is 1. The van der Waals surface area contributed by atoms with Crippen LogP contribution in [0.3, 0.4) is 0 Å². The molecule has 0 saturated heterocycles. The highest BCUT2D eigenvalue weighted by Crippen LogP contribution is 2.17. The molecule has 1 atom stereocenters. The molecule has 0 radical (unpaired) electrons. The van der Waals surface area contributed by atoms with Crippen LogP contribution in [0.2, 0.25) is 0 Å². The number of nitriles is 1. The smallest absolute Gasteiger partial charge is 0.491 e. The van der Waals surface area contributed by atoms with Crippen LogP contribution in [0.1, 0.15) is 11.1 Å². The van der Waals surface area contributed by atoms with Crippen LogP contribution in [0, 0.1) is 31.0 Å². The summed E-state index contributed by atoms with van der Waals surface area (Å²) >= 11 is 0.